The zero-order valence-corrected chi connectivity index (χ0v) is 16.7. The number of carbonyl (C=O) groups is 1. The number of fused-ring (bicyclic) bond motifs is 1. The third-order valence-corrected chi connectivity index (χ3v) is 5.08. The van der Waals surface area contributed by atoms with E-state index in [0.29, 0.717) is 19.7 Å². The molecule has 1 atom stereocenters. The Labute approximate surface area is 161 Å². The molecule has 8 heteroatoms. The zero-order valence-electron chi connectivity index (χ0n) is 15.1. The third kappa shape index (κ3) is 4.23. The first-order valence-corrected chi connectivity index (χ1v) is 9.62. The van der Waals surface area contributed by atoms with E-state index in [1.807, 2.05) is 19.1 Å². The van der Waals surface area contributed by atoms with Crippen molar-refractivity contribution in [1.82, 2.24) is 10.2 Å². The number of benzene rings is 1. The second-order valence-electron chi connectivity index (χ2n) is 6.25. The van der Waals surface area contributed by atoms with Gasteiger partial charge < -0.3 is 24.4 Å². The molecule has 1 fully saturated rings. The summed E-state index contributed by atoms with van der Waals surface area (Å²) in [5, 5.41) is 3.37. The Morgan fingerprint density at radius 1 is 1.46 bits per heavy atom. The lowest BCUT2D eigenvalue weighted by Gasteiger charge is -2.34. The number of halogens is 1. The van der Waals surface area contributed by atoms with Gasteiger partial charge in [-0.1, -0.05) is 0 Å². The van der Waals surface area contributed by atoms with Gasteiger partial charge in [0.25, 0.3) is 0 Å². The van der Waals surface area contributed by atoms with E-state index in [0.717, 1.165) is 46.9 Å². The van der Waals surface area contributed by atoms with Gasteiger partial charge in [0, 0.05) is 26.7 Å². The van der Waals surface area contributed by atoms with Crippen molar-refractivity contribution in [2.24, 2.45) is 10.9 Å². The number of carbonyl (C=O) groups excluding carboxylic acids is 1. The molecule has 2 aliphatic rings. The molecule has 0 radical (unpaired) electrons. The van der Waals surface area contributed by atoms with E-state index in [-0.39, 0.29) is 18.7 Å². The molecule has 1 aromatic carbocycles. The number of guanidine groups is 1. The molecule has 142 valence electrons. The van der Waals surface area contributed by atoms with Crippen molar-refractivity contribution >= 4 is 27.9 Å². The minimum Gasteiger partial charge on any atom is -0.466 e. The van der Waals surface area contributed by atoms with Crippen LogP contribution in [-0.2, 0) is 16.1 Å². The van der Waals surface area contributed by atoms with E-state index >= 15 is 0 Å². The molecule has 1 aromatic rings. The van der Waals surface area contributed by atoms with Crippen LogP contribution in [0.5, 0.6) is 11.5 Å². The number of ether oxygens (including phenoxy) is 3. The Hall–Kier alpha value is -1.96. The molecule has 0 amide bonds. The average Bonchev–Trinajstić information content (AvgIpc) is 3.12. The SMILES string of the molecule is CCOC(=O)C1CCCN(C(=NC)NCc2cc(Br)c3c(c2)OCO3)C1. The number of likely N-dealkylation sites (tertiary alicyclic amines) is 1. The summed E-state index contributed by atoms with van der Waals surface area (Å²) >= 11 is 3.51. The first-order valence-electron chi connectivity index (χ1n) is 8.82. The normalized spacial score (nSPS) is 19.4. The van der Waals surface area contributed by atoms with Gasteiger partial charge in [0.1, 0.15) is 0 Å². The van der Waals surface area contributed by atoms with E-state index < -0.39 is 0 Å². The molecule has 0 aromatic heterocycles. The fourth-order valence-electron chi connectivity index (χ4n) is 3.26. The maximum atomic E-state index is 12.0. The summed E-state index contributed by atoms with van der Waals surface area (Å²) in [7, 11) is 1.76. The highest BCUT2D eigenvalue weighted by Crippen LogP contribution is 2.39. The highest BCUT2D eigenvalue weighted by molar-refractivity contribution is 9.10. The van der Waals surface area contributed by atoms with Gasteiger partial charge in [0.2, 0.25) is 6.79 Å². The second-order valence-corrected chi connectivity index (χ2v) is 7.10. The van der Waals surface area contributed by atoms with Crippen molar-refractivity contribution in [3.63, 3.8) is 0 Å². The summed E-state index contributed by atoms with van der Waals surface area (Å²) in [5.74, 6) is 2.06. The van der Waals surface area contributed by atoms with Gasteiger partial charge in [-0.15, -0.1) is 0 Å². The zero-order chi connectivity index (χ0) is 18.5. The fraction of sp³-hybridized carbons (Fsp3) is 0.556. The minimum absolute atomic E-state index is 0.0954. The van der Waals surface area contributed by atoms with Crippen molar-refractivity contribution < 1.29 is 19.0 Å². The van der Waals surface area contributed by atoms with Crippen LogP contribution in [0.1, 0.15) is 25.3 Å². The van der Waals surface area contributed by atoms with E-state index in [2.05, 4.69) is 31.1 Å². The van der Waals surface area contributed by atoms with Crippen molar-refractivity contribution in [2.75, 3.05) is 33.5 Å². The Balaban J connectivity index is 1.61. The molecule has 1 N–H and O–H groups in total. The van der Waals surface area contributed by atoms with Crippen LogP contribution in [0.15, 0.2) is 21.6 Å². The Morgan fingerprint density at radius 3 is 3.08 bits per heavy atom. The number of hydrogen-bond acceptors (Lipinski definition) is 5. The summed E-state index contributed by atoms with van der Waals surface area (Å²) < 4.78 is 16.9. The maximum absolute atomic E-state index is 12.0. The lowest BCUT2D eigenvalue weighted by atomic mass is 9.98. The predicted octanol–water partition coefficient (Wildman–Crippen LogP) is 2.53. The molecule has 0 aliphatic carbocycles. The van der Waals surface area contributed by atoms with Crippen LogP contribution >= 0.6 is 15.9 Å². The van der Waals surface area contributed by atoms with E-state index in [1.54, 1.807) is 7.05 Å². The highest BCUT2D eigenvalue weighted by Gasteiger charge is 2.28. The van der Waals surface area contributed by atoms with Gasteiger partial charge in [0.05, 0.1) is 17.0 Å². The highest BCUT2D eigenvalue weighted by atomic mass is 79.9. The average molecular weight is 426 g/mol. The number of esters is 1. The molecule has 7 nitrogen and oxygen atoms in total. The van der Waals surface area contributed by atoms with Crippen LogP contribution in [0.25, 0.3) is 0 Å². The smallest absolute Gasteiger partial charge is 0.310 e. The van der Waals surface area contributed by atoms with Crippen LogP contribution in [-0.4, -0.2) is 50.4 Å². The van der Waals surface area contributed by atoms with Gasteiger partial charge in [-0.05, 0) is 53.4 Å². The molecular weight excluding hydrogens is 402 g/mol. The topological polar surface area (TPSA) is 72.4 Å². The van der Waals surface area contributed by atoms with Gasteiger partial charge in [-0.3, -0.25) is 9.79 Å². The Morgan fingerprint density at radius 2 is 2.31 bits per heavy atom. The van der Waals surface area contributed by atoms with E-state index in [1.165, 1.54) is 0 Å². The quantitative estimate of drug-likeness (QED) is 0.453. The largest absolute Gasteiger partial charge is 0.466 e. The summed E-state index contributed by atoms with van der Waals surface area (Å²) in [6, 6.07) is 3.97. The molecule has 0 spiro atoms. The number of aliphatic imine (C=N–C) groups is 1. The van der Waals surface area contributed by atoms with Crippen molar-refractivity contribution in [3.8, 4) is 11.5 Å². The standard InChI is InChI=1S/C18H24BrN3O4/c1-3-24-17(23)13-5-4-6-22(10-13)18(20-2)21-9-12-7-14(19)16-15(8-12)25-11-26-16/h7-8,13H,3-6,9-11H2,1-2H3,(H,20,21). The molecule has 1 unspecified atom stereocenters. The number of hydrogen-bond donors (Lipinski definition) is 1. The summed E-state index contributed by atoms with van der Waals surface area (Å²) in [6.45, 7) is 4.60. The maximum Gasteiger partial charge on any atom is 0.310 e. The molecular formula is C18H24BrN3O4. The van der Waals surface area contributed by atoms with Crippen LogP contribution in [0, 0.1) is 5.92 Å². The van der Waals surface area contributed by atoms with Crippen LogP contribution in [0.4, 0.5) is 0 Å². The fourth-order valence-corrected chi connectivity index (χ4v) is 3.86. The third-order valence-electron chi connectivity index (χ3n) is 4.49. The molecule has 3 rings (SSSR count). The predicted molar refractivity (Wildman–Crippen MR) is 101 cm³/mol. The number of rotatable bonds is 4. The summed E-state index contributed by atoms with van der Waals surface area (Å²) in [6.07, 6.45) is 1.81. The van der Waals surface area contributed by atoms with E-state index in [4.69, 9.17) is 14.2 Å². The monoisotopic (exact) mass is 425 g/mol. The molecule has 0 saturated carbocycles. The van der Waals surface area contributed by atoms with Crippen molar-refractivity contribution in [1.29, 1.82) is 0 Å². The Kier molecular flexibility index (Phi) is 6.24. The van der Waals surface area contributed by atoms with Crippen LogP contribution < -0.4 is 14.8 Å². The van der Waals surface area contributed by atoms with Gasteiger partial charge >= 0.3 is 5.97 Å². The molecule has 26 heavy (non-hydrogen) atoms. The first kappa shape index (κ1) is 18.8. The van der Waals surface area contributed by atoms with Crippen LogP contribution in [0.3, 0.4) is 0 Å². The molecule has 2 aliphatic heterocycles. The van der Waals surface area contributed by atoms with Crippen LogP contribution in [0.2, 0.25) is 0 Å². The number of nitrogens with zero attached hydrogens (tertiary/aromatic N) is 2. The van der Waals surface area contributed by atoms with Gasteiger partial charge in [0.15, 0.2) is 17.5 Å². The van der Waals surface area contributed by atoms with Gasteiger partial charge in [-0.25, -0.2) is 0 Å². The Bertz CT molecular complexity index is 695. The summed E-state index contributed by atoms with van der Waals surface area (Å²) in [5.41, 5.74) is 1.06. The molecule has 1 saturated heterocycles. The lowest BCUT2D eigenvalue weighted by molar-refractivity contribution is -0.149. The van der Waals surface area contributed by atoms with Crippen molar-refractivity contribution in [2.45, 2.75) is 26.3 Å². The number of nitrogens with one attached hydrogen (secondary N) is 1. The molecule has 2 heterocycles. The first-order chi connectivity index (χ1) is 12.6. The summed E-state index contributed by atoms with van der Waals surface area (Å²) in [4.78, 5) is 18.5. The molecule has 0 bridgehead atoms. The van der Waals surface area contributed by atoms with E-state index in [9.17, 15) is 4.79 Å². The minimum atomic E-state index is -0.118. The van der Waals surface area contributed by atoms with Crippen molar-refractivity contribution in [3.05, 3.63) is 22.2 Å². The number of piperidine rings is 1. The lowest BCUT2D eigenvalue weighted by Crippen LogP contribution is -2.48. The van der Waals surface area contributed by atoms with Gasteiger partial charge in [-0.2, -0.15) is 0 Å². The second kappa shape index (κ2) is 8.62.